The van der Waals surface area contributed by atoms with Crippen LogP contribution in [0, 0.1) is 11.8 Å². The smallest absolute Gasteiger partial charge is 0.246 e. The maximum absolute atomic E-state index is 14.4. The molecule has 12 N–H and O–H groups in total. The Morgan fingerprint density at radius 1 is 0.836 bits per heavy atom. The van der Waals surface area contributed by atoms with E-state index in [1.165, 1.54) is 13.8 Å². The summed E-state index contributed by atoms with van der Waals surface area (Å²) in [5.41, 5.74) is 6.61. The van der Waals surface area contributed by atoms with Crippen molar-refractivity contribution in [2.24, 2.45) is 17.6 Å². The van der Waals surface area contributed by atoms with Gasteiger partial charge in [0.1, 0.15) is 36.3 Å². The number of aliphatic hydroxyl groups is 2. The monoisotopic (exact) mass is 870 g/mol. The van der Waals surface area contributed by atoms with Crippen LogP contribution in [-0.2, 0) is 49.6 Å². The van der Waals surface area contributed by atoms with E-state index in [9.17, 15) is 53.4 Å². The number of para-hydroxylation sites is 1. The van der Waals surface area contributed by atoms with E-state index in [2.05, 4.69) is 42.2 Å². The molecule has 2 bridgehead atoms. The van der Waals surface area contributed by atoms with Crippen molar-refractivity contribution in [1.29, 1.82) is 0 Å². The Hall–Kier alpha value is -5.74. The van der Waals surface area contributed by atoms with Gasteiger partial charge in [0, 0.05) is 42.0 Å². The van der Waals surface area contributed by atoms with Crippen molar-refractivity contribution in [3.63, 3.8) is 0 Å². The van der Waals surface area contributed by atoms with Gasteiger partial charge in [-0.3, -0.25) is 43.2 Å². The van der Waals surface area contributed by atoms with E-state index in [4.69, 9.17) is 5.73 Å². The van der Waals surface area contributed by atoms with E-state index < -0.39 is 140 Å². The number of amides is 9. The van der Waals surface area contributed by atoms with Gasteiger partial charge >= 0.3 is 0 Å². The lowest BCUT2D eigenvalue weighted by atomic mass is 9.94. The van der Waals surface area contributed by atoms with Gasteiger partial charge in [0.25, 0.3) is 0 Å². The fourth-order valence-electron chi connectivity index (χ4n) is 7.41. The van der Waals surface area contributed by atoms with Crippen LogP contribution in [0.25, 0.3) is 10.9 Å². The second-order valence-corrected chi connectivity index (χ2v) is 16.8. The number of hydrogen-bond donors (Lipinski definition) is 11. The molecule has 0 spiro atoms. The van der Waals surface area contributed by atoms with Crippen molar-refractivity contribution >= 4 is 75.8 Å². The summed E-state index contributed by atoms with van der Waals surface area (Å²) in [6, 6.07) is -1.66. The van der Waals surface area contributed by atoms with E-state index in [-0.39, 0.29) is 18.6 Å². The number of nitrogens with two attached hydrogens (primary N) is 1. The van der Waals surface area contributed by atoms with Crippen molar-refractivity contribution in [1.82, 2.24) is 47.1 Å². The van der Waals surface area contributed by atoms with Crippen molar-refractivity contribution in [2.75, 3.05) is 25.4 Å². The molecule has 3 aliphatic rings. The molecule has 4 heterocycles. The van der Waals surface area contributed by atoms with Crippen LogP contribution in [-0.4, -0.2) is 147 Å². The van der Waals surface area contributed by atoms with Gasteiger partial charge in [-0.15, -0.1) is 11.8 Å². The molecule has 1 aromatic heterocycles. The van der Waals surface area contributed by atoms with Crippen LogP contribution < -0.4 is 43.0 Å². The largest absolute Gasteiger partial charge is 0.393 e. The van der Waals surface area contributed by atoms with E-state index in [0.29, 0.717) is 27.9 Å². The Bertz CT molecular complexity index is 2040. The minimum atomic E-state index is -1.68. The molecule has 1 fully saturated rings. The van der Waals surface area contributed by atoms with Crippen LogP contribution in [0.3, 0.4) is 0 Å². The van der Waals surface area contributed by atoms with Gasteiger partial charge in [0.15, 0.2) is 0 Å². The third kappa shape index (κ3) is 11.4. The molecule has 5 rings (SSSR count). The number of rotatable bonds is 6. The predicted molar refractivity (Wildman–Crippen MR) is 219 cm³/mol. The SMILES string of the molecule is CCC(C)C1NC(=O)CNC(=O)C2Cc3c([nH]c4ccccc34)SCC(NC(=O)CNC1=O)C(=O)NC(CC(N)=O)C(=O)N1CC(O)CC1C(=O)NC(C(C)C(C)O)C(=O)N2. The van der Waals surface area contributed by atoms with Crippen molar-refractivity contribution < 1.29 is 53.4 Å². The molecule has 61 heavy (non-hydrogen) atoms. The lowest BCUT2D eigenvalue weighted by molar-refractivity contribution is -0.144. The standard InChI is InChI=1S/C39H54N10O11S/c1-5-17(2)31-36(58)42-13-29(53)43-26-16-61-38-22(21-8-6-7-9-23(21)46-38)11-24(33(55)41-14-30(54)47-31)44-37(59)32(18(3)19(4)50)48-35(57)27-10-20(51)15-49(27)39(60)25(12-28(40)52)45-34(26)56/h6-9,17-20,24-27,31-32,46,50-51H,5,10-16H2,1-4H3,(H2,40,52)(H,41,55)(H,42,58)(H,43,53)(H,44,59)(H,45,56)(H,47,54)(H,48,57). The molecule has 2 aromatic rings. The lowest BCUT2D eigenvalue weighted by Crippen LogP contribution is -2.61. The van der Waals surface area contributed by atoms with Gasteiger partial charge in [-0.2, -0.15) is 0 Å². The number of hydrogen-bond acceptors (Lipinski definition) is 12. The van der Waals surface area contributed by atoms with Crippen molar-refractivity contribution in [3.05, 3.63) is 29.8 Å². The second-order valence-electron chi connectivity index (χ2n) is 15.8. The molecule has 0 aliphatic carbocycles. The summed E-state index contributed by atoms with van der Waals surface area (Å²) in [5.74, 6) is -9.52. The van der Waals surface area contributed by atoms with Gasteiger partial charge < -0.3 is 63.0 Å². The van der Waals surface area contributed by atoms with Gasteiger partial charge in [-0.05, 0) is 24.5 Å². The normalized spacial score (nSPS) is 28.1. The number of carbonyl (C=O) groups is 9. The van der Waals surface area contributed by atoms with Gasteiger partial charge in [0.2, 0.25) is 53.2 Å². The third-order valence-electron chi connectivity index (χ3n) is 11.3. The zero-order chi connectivity index (χ0) is 44.7. The highest BCUT2D eigenvalue weighted by Crippen LogP contribution is 2.32. The number of nitrogens with one attached hydrogen (secondary N) is 8. The number of primary amides is 1. The molecule has 332 valence electrons. The number of aromatic amines is 1. The first-order chi connectivity index (χ1) is 28.9. The average molecular weight is 871 g/mol. The molecule has 22 heteroatoms. The summed E-state index contributed by atoms with van der Waals surface area (Å²) < 4.78 is 0. The van der Waals surface area contributed by atoms with E-state index in [1.54, 1.807) is 38.1 Å². The summed E-state index contributed by atoms with van der Waals surface area (Å²) in [5, 5.41) is 40.3. The van der Waals surface area contributed by atoms with Crippen LogP contribution in [0.4, 0.5) is 0 Å². The molecule has 9 amide bonds. The molecule has 21 nitrogen and oxygen atoms in total. The number of H-pyrrole nitrogens is 1. The second kappa shape index (κ2) is 20.2. The minimum absolute atomic E-state index is 0.214. The van der Waals surface area contributed by atoms with Gasteiger partial charge in [-0.25, -0.2) is 0 Å². The zero-order valence-corrected chi connectivity index (χ0v) is 35.1. The highest BCUT2D eigenvalue weighted by atomic mass is 32.2. The molecule has 0 saturated carbocycles. The van der Waals surface area contributed by atoms with Crippen LogP contribution in [0.15, 0.2) is 29.3 Å². The summed E-state index contributed by atoms with van der Waals surface area (Å²) in [4.78, 5) is 128. The van der Waals surface area contributed by atoms with E-state index in [1.807, 2.05) is 0 Å². The number of benzene rings is 1. The Labute approximate surface area is 355 Å². The Balaban J connectivity index is 1.68. The number of thioether (sulfide) groups is 1. The summed E-state index contributed by atoms with van der Waals surface area (Å²) in [6.07, 6.45) is -3.26. The lowest BCUT2D eigenvalue weighted by Gasteiger charge is -2.32. The topological polar surface area (TPSA) is 323 Å². The van der Waals surface area contributed by atoms with E-state index in [0.717, 1.165) is 16.7 Å². The fraction of sp³-hybridized carbons (Fsp3) is 0.564. The van der Waals surface area contributed by atoms with Crippen LogP contribution in [0.5, 0.6) is 0 Å². The quantitative estimate of drug-likeness (QED) is 0.134. The third-order valence-corrected chi connectivity index (χ3v) is 12.4. The molecule has 10 unspecified atom stereocenters. The first-order valence-electron chi connectivity index (χ1n) is 20.1. The molecule has 1 aromatic carbocycles. The maximum atomic E-state index is 14.4. The average Bonchev–Trinajstić information content (AvgIpc) is 3.78. The predicted octanol–water partition coefficient (Wildman–Crippen LogP) is -3.61. The van der Waals surface area contributed by atoms with Crippen molar-refractivity contribution in [2.45, 2.75) is 107 Å². The minimum Gasteiger partial charge on any atom is -0.393 e. The van der Waals surface area contributed by atoms with Gasteiger partial charge in [-0.1, -0.05) is 45.4 Å². The Kier molecular flexibility index (Phi) is 15.4. The highest BCUT2D eigenvalue weighted by Gasteiger charge is 2.44. The first-order valence-corrected chi connectivity index (χ1v) is 21.1. The van der Waals surface area contributed by atoms with Crippen LogP contribution in [0.2, 0.25) is 0 Å². The number of aromatic nitrogens is 1. The van der Waals surface area contributed by atoms with E-state index >= 15 is 0 Å². The van der Waals surface area contributed by atoms with Crippen LogP contribution >= 0.6 is 11.8 Å². The van der Waals surface area contributed by atoms with Gasteiger partial charge in [0.05, 0.1) is 36.7 Å². The summed E-state index contributed by atoms with van der Waals surface area (Å²) in [7, 11) is 0. The Morgan fingerprint density at radius 3 is 2.18 bits per heavy atom. The molecule has 3 aliphatic heterocycles. The molecular formula is C39H54N10O11S. The summed E-state index contributed by atoms with van der Waals surface area (Å²) >= 11 is 1.05. The number of fused-ring (bicyclic) bond motifs is 5. The zero-order valence-electron chi connectivity index (χ0n) is 34.2. The fourth-order valence-corrected chi connectivity index (χ4v) is 8.53. The van der Waals surface area contributed by atoms with Crippen molar-refractivity contribution in [3.8, 4) is 0 Å². The molecule has 10 atom stereocenters. The number of nitrogens with zero attached hydrogens (tertiary/aromatic N) is 1. The van der Waals surface area contributed by atoms with Crippen LogP contribution in [0.1, 0.15) is 52.5 Å². The molecule has 1 saturated heterocycles. The summed E-state index contributed by atoms with van der Waals surface area (Å²) in [6.45, 7) is 4.70. The Morgan fingerprint density at radius 2 is 1.51 bits per heavy atom. The highest BCUT2D eigenvalue weighted by molar-refractivity contribution is 7.99. The molecular weight excluding hydrogens is 817 g/mol. The number of carbonyl (C=O) groups excluding carboxylic acids is 9. The molecule has 0 radical (unpaired) electrons. The maximum Gasteiger partial charge on any atom is 0.246 e. The first kappa shape index (κ1) is 46.3. The number of aliphatic hydroxyl groups excluding tert-OH is 2.